The molecule has 0 atom stereocenters. The SMILES string of the molecule is N#Cc1c(Br)cccc1Oc1cc(Cl)ccc1N. The van der Waals surface area contributed by atoms with Gasteiger partial charge in [-0.15, -0.1) is 0 Å². The molecule has 5 heteroatoms. The zero-order chi connectivity index (χ0) is 13.1. The van der Waals surface area contributed by atoms with Crippen LogP contribution in [-0.4, -0.2) is 0 Å². The van der Waals surface area contributed by atoms with Gasteiger partial charge < -0.3 is 10.5 Å². The third-order valence-corrected chi connectivity index (χ3v) is 3.18. The summed E-state index contributed by atoms with van der Waals surface area (Å²) in [4.78, 5) is 0. The van der Waals surface area contributed by atoms with Crippen LogP contribution < -0.4 is 10.5 Å². The van der Waals surface area contributed by atoms with E-state index in [1.54, 1.807) is 36.4 Å². The maximum atomic E-state index is 9.08. The molecule has 18 heavy (non-hydrogen) atoms. The van der Waals surface area contributed by atoms with Crippen LogP contribution in [0, 0.1) is 11.3 Å². The Morgan fingerprint density at radius 2 is 2.00 bits per heavy atom. The number of benzene rings is 2. The van der Waals surface area contributed by atoms with Gasteiger partial charge in [0.2, 0.25) is 0 Å². The van der Waals surface area contributed by atoms with Crippen LogP contribution in [-0.2, 0) is 0 Å². The molecule has 0 saturated heterocycles. The lowest BCUT2D eigenvalue weighted by Crippen LogP contribution is -1.94. The Labute approximate surface area is 118 Å². The summed E-state index contributed by atoms with van der Waals surface area (Å²) in [6, 6.07) is 12.3. The number of anilines is 1. The van der Waals surface area contributed by atoms with Crippen molar-refractivity contribution in [2.24, 2.45) is 0 Å². The number of nitrogens with zero attached hydrogens (tertiary/aromatic N) is 1. The fourth-order valence-corrected chi connectivity index (χ4v) is 2.01. The minimum absolute atomic E-state index is 0.414. The molecule has 0 heterocycles. The summed E-state index contributed by atoms with van der Waals surface area (Å²) in [5.41, 5.74) is 6.66. The average molecular weight is 324 g/mol. The van der Waals surface area contributed by atoms with E-state index in [0.29, 0.717) is 32.2 Å². The molecule has 0 fully saturated rings. The largest absolute Gasteiger partial charge is 0.454 e. The lowest BCUT2D eigenvalue weighted by atomic mass is 10.2. The van der Waals surface area contributed by atoms with Gasteiger partial charge in [-0.1, -0.05) is 17.7 Å². The predicted molar refractivity (Wildman–Crippen MR) is 74.8 cm³/mol. The average Bonchev–Trinajstić information content (AvgIpc) is 2.34. The van der Waals surface area contributed by atoms with Crippen LogP contribution in [0.25, 0.3) is 0 Å². The topological polar surface area (TPSA) is 59.0 Å². The lowest BCUT2D eigenvalue weighted by Gasteiger charge is -2.10. The number of hydrogen-bond donors (Lipinski definition) is 1. The van der Waals surface area contributed by atoms with E-state index in [1.807, 2.05) is 0 Å². The van der Waals surface area contributed by atoms with Gasteiger partial charge in [0.1, 0.15) is 17.4 Å². The molecule has 0 radical (unpaired) electrons. The fraction of sp³-hybridized carbons (Fsp3) is 0. The highest BCUT2D eigenvalue weighted by atomic mass is 79.9. The van der Waals surface area contributed by atoms with Gasteiger partial charge in [-0.25, -0.2) is 0 Å². The quantitative estimate of drug-likeness (QED) is 0.836. The van der Waals surface area contributed by atoms with Crippen molar-refractivity contribution in [2.45, 2.75) is 0 Å². The minimum atomic E-state index is 0.414. The smallest absolute Gasteiger partial charge is 0.151 e. The number of halogens is 2. The van der Waals surface area contributed by atoms with Gasteiger partial charge in [-0.05, 0) is 40.2 Å². The van der Waals surface area contributed by atoms with Crippen molar-refractivity contribution in [1.82, 2.24) is 0 Å². The molecule has 2 N–H and O–H groups in total. The second-order valence-corrected chi connectivity index (χ2v) is 4.80. The molecule has 2 rings (SSSR count). The molecule has 0 aromatic heterocycles. The first-order valence-corrected chi connectivity index (χ1v) is 6.20. The number of nitrogen functional groups attached to an aromatic ring is 1. The van der Waals surface area contributed by atoms with Gasteiger partial charge in [0.25, 0.3) is 0 Å². The second-order valence-electron chi connectivity index (χ2n) is 3.51. The van der Waals surface area contributed by atoms with Crippen molar-refractivity contribution in [3.63, 3.8) is 0 Å². The molecule has 90 valence electrons. The first-order chi connectivity index (χ1) is 8.61. The van der Waals surface area contributed by atoms with Gasteiger partial charge in [-0.3, -0.25) is 0 Å². The summed E-state index contributed by atoms with van der Waals surface area (Å²) in [5.74, 6) is 0.859. The van der Waals surface area contributed by atoms with Crippen LogP contribution in [0.3, 0.4) is 0 Å². The third-order valence-electron chi connectivity index (χ3n) is 2.28. The van der Waals surface area contributed by atoms with Crippen LogP contribution in [0.1, 0.15) is 5.56 Å². The molecular weight excluding hydrogens is 316 g/mol. The highest BCUT2D eigenvalue weighted by Crippen LogP contribution is 2.34. The van der Waals surface area contributed by atoms with Gasteiger partial charge in [-0.2, -0.15) is 5.26 Å². The Morgan fingerprint density at radius 3 is 2.72 bits per heavy atom. The summed E-state index contributed by atoms with van der Waals surface area (Å²) in [5, 5.41) is 9.60. The first-order valence-electron chi connectivity index (χ1n) is 5.03. The molecule has 2 aromatic rings. The van der Waals surface area contributed by atoms with Crippen LogP contribution in [0.4, 0.5) is 5.69 Å². The van der Waals surface area contributed by atoms with E-state index in [9.17, 15) is 0 Å². The van der Waals surface area contributed by atoms with E-state index in [1.165, 1.54) is 0 Å². The molecule has 0 amide bonds. The molecule has 0 bridgehead atoms. The highest BCUT2D eigenvalue weighted by molar-refractivity contribution is 9.10. The van der Waals surface area contributed by atoms with Crippen molar-refractivity contribution < 1.29 is 4.74 Å². The van der Waals surface area contributed by atoms with Crippen LogP contribution >= 0.6 is 27.5 Å². The molecule has 2 aromatic carbocycles. The molecular formula is C13H8BrClN2O. The summed E-state index contributed by atoms with van der Waals surface area (Å²) in [6.45, 7) is 0. The van der Waals surface area contributed by atoms with E-state index in [0.717, 1.165) is 0 Å². The van der Waals surface area contributed by atoms with Gasteiger partial charge >= 0.3 is 0 Å². The Morgan fingerprint density at radius 1 is 1.22 bits per heavy atom. The molecule has 0 spiro atoms. The van der Waals surface area contributed by atoms with Crippen molar-refractivity contribution in [1.29, 1.82) is 5.26 Å². The molecule has 0 aliphatic heterocycles. The summed E-state index contributed by atoms with van der Waals surface area (Å²) in [7, 11) is 0. The van der Waals surface area contributed by atoms with Crippen molar-refractivity contribution in [3.05, 3.63) is 51.5 Å². The standard InChI is InChI=1S/C13H8BrClN2O/c14-10-2-1-3-12(9(10)7-16)18-13-6-8(15)4-5-11(13)17/h1-6H,17H2. The Kier molecular flexibility index (Phi) is 3.75. The second kappa shape index (κ2) is 5.30. The molecule has 0 unspecified atom stereocenters. The lowest BCUT2D eigenvalue weighted by molar-refractivity contribution is 0.483. The van der Waals surface area contributed by atoms with E-state index in [-0.39, 0.29) is 0 Å². The van der Waals surface area contributed by atoms with Crippen molar-refractivity contribution in [3.8, 4) is 17.6 Å². The normalized spacial score (nSPS) is 9.83. The Bertz CT molecular complexity index is 637. The number of rotatable bonds is 2. The fourth-order valence-electron chi connectivity index (χ4n) is 1.41. The monoisotopic (exact) mass is 322 g/mol. The third kappa shape index (κ3) is 2.58. The van der Waals surface area contributed by atoms with E-state index in [2.05, 4.69) is 22.0 Å². The first kappa shape index (κ1) is 12.7. The summed E-state index contributed by atoms with van der Waals surface area (Å²) >= 11 is 9.17. The number of ether oxygens (including phenoxy) is 1. The highest BCUT2D eigenvalue weighted by Gasteiger charge is 2.10. The van der Waals surface area contributed by atoms with Crippen molar-refractivity contribution >= 4 is 33.2 Å². The van der Waals surface area contributed by atoms with Crippen LogP contribution in [0.15, 0.2) is 40.9 Å². The van der Waals surface area contributed by atoms with Crippen LogP contribution in [0.2, 0.25) is 5.02 Å². The maximum Gasteiger partial charge on any atom is 0.151 e. The van der Waals surface area contributed by atoms with E-state index < -0.39 is 0 Å². The molecule has 0 aliphatic carbocycles. The number of nitrogens with two attached hydrogens (primary N) is 1. The van der Waals surface area contributed by atoms with E-state index in [4.69, 9.17) is 27.3 Å². The Balaban J connectivity index is 2.44. The van der Waals surface area contributed by atoms with Gasteiger partial charge in [0.05, 0.1) is 5.69 Å². The zero-order valence-corrected chi connectivity index (χ0v) is 11.5. The Hall–Kier alpha value is -1.70. The predicted octanol–water partition coefficient (Wildman–Crippen LogP) is 4.35. The maximum absolute atomic E-state index is 9.08. The number of hydrogen-bond acceptors (Lipinski definition) is 3. The summed E-state index contributed by atoms with van der Waals surface area (Å²) < 4.78 is 6.30. The number of nitriles is 1. The molecule has 0 saturated carbocycles. The van der Waals surface area contributed by atoms with E-state index >= 15 is 0 Å². The van der Waals surface area contributed by atoms with Crippen LogP contribution in [0.5, 0.6) is 11.5 Å². The van der Waals surface area contributed by atoms with Crippen molar-refractivity contribution in [2.75, 3.05) is 5.73 Å². The zero-order valence-electron chi connectivity index (χ0n) is 9.15. The summed E-state index contributed by atoms with van der Waals surface area (Å²) in [6.07, 6.45) is 0. The molecule has 3 nitrogen and oxygen atoms in total. The van der Waals surface area contributed by atoms with Gasteiger partial charge in [0.15, 0.2) is 5.75 Å². The van der Waals surface area contributed by atoms with Gasteiger partial charge in [0, 0.05) is 15.6 Å². The molecule has 0 aliphatic rings. The minimum Gasteiger partial charge on any atom is -0.454 e.